The van der Waals surface area contributed by atoms with Gasteiger partial charge in [-0.3, -0.25) is 4.79 Å². The molecule has 3 aromatic rings. The lowest BCUT2D eigenvalue weighted by Gasteiger charge is -2.25. The number of benzene rings is 3. The van der Waals surface area contributed by atoms with Crippen LogP contribution in [0.1, 0.15) is 29.2 Å². The maximum absolute atomic E-state index is 13.0. The van der Waals surface area contributed by atoms with E-state index in [1.165, 1.54) is 5.56 Å². The van der Waals surface area contributed by atoms with Crippen LogP contribution in [0.25, 0.3) is 0 Å². The summed E-state index contributed by atoms with van der Waals surface area (Å²) in [5.74, 6) is 1.30. The van der Waals surface area contributed by atoms with Crippen LogP contribution in [0, 0.1) is 0 Å². The number of carbonyl (C=O) groups is 1. The summed E-state index contributed by atoms with van der Waals surface area (Å²) < 4.78 is 11.3. The fraction of sp³-hybridized carbons (Fsp3) is 0.269. The van der Waals surface area contributed by atoms with Crippen LogP contribution in [-0.2, 0) is 11.2 Å². The van der Waals surface area contributed by atoms with E-state index in [0.29, 0.717) is 18.7 Å². The van der Waals surface area contributed by atoms with Crippen LogP contribution in [0.3, 0.4) is 0 Å². The number of β-amino-alcohol motifs (C(OH)–C–C–N with tert-alkyl or cyclic N) is 1. The highest BCUT2D eigenvalue weighted by atomic mass is 16.5. The van der Waals surface area contributed by atoms with E-state index in [1.807, 2.05) is 66.7 Å². The van der Waals surface area contributed by atoms with Crippen molar-refractivity contribution in [3.8, 4) is 11.5 Å². The number of aliphatic hydroxyl groups excluding tert-OH is 1. The molecule has 0 aliphatic carbocycles. The third kappa shape index (κ3) is 5.06. The van der Waals surface area contributed by atoms with Crippen LogP contribution >= 0.6 is 0 Å². The molecule has 1 N–H and O–H groups in total. The molecule has 4 rings (SSSR count). The molecule has 5 nitrogen and oxygen atoms in total. The summed E-state index contributed by atoms with van der Waals surface area (Å²) in [6.45, 7) is 0.231. The fourth-order valence-corrected chi connectivity index (χ4v) is 4.08. The van der Waals surface area contributed by atoms with E-state index in [2.05, 4.69) is 12.1 Å². The van der Waals surface area contributed by atoms with Crippen LogP contribution in [-0.4, -0.2) is 42.3 Å². The van der Waals surface area contributed by atoms with Gasteiger partial charge in [0.1, 0.15) is 11.5 Å². The summed E-state index contributed by atoms with van der Waals surface area (Å²) in [6, 6.07) is 25.4. The third-order valence-corrected chi connectivity index (χ3v) is 5.64. The van der Waals surface area contributed by atoms with Crippen molar-refractivity contribution in [3.05, 3.63) is 95.6 Å². The number of para-hydroxylation sites is 1. The second kappa shape index (κ2) is 9.67. The number of amides is 1. The minimum atomic E-state index is -0.550. The molecule has 31 heavy (non-hydrogen) atoms. The van der Waals surface area contributed by atoms with E-state index >= 15 is 0 Å². The molecule has 1 fully saturated rings. The molecule has 1 amide bonds. The first-order valence-corrected chi connectivity index (χ1v) is 10.5. The summed E-state index contributed by atoms with van der Waals surface area (Å²) in [4.78, 5) is 14.7. The minimum Gasteiger partial charge on any atom is -0.497 e. The maximum atomic E-state index is 13.0. The fourth-order valence-electron chi connectivity index (χ4n) is 4.08. The largest absolute Gasteiger partial charge is 0.497 e. The van der Waals surface area contributed by atoms with Gasteiger partial charge >= 0.3 is 0 Å². The first-order chi connectivity index (χ1) is 15.1. The number of likely N-dealkylation sites (tertiary alicyclic amines) is 1. The van der Waals surface area contributed by atoms with Gasteiger partial charge in [-0.2, -0.15) is 0 Å². The minimum absolute atomic E-state index is 0.0704. The summed E-state index contributed by atoms with van der Waals surface area (Å²) in [7, 11) is 1.62. The Morgan fingerprint density at radius 1 is 1.03 bits per heavy atom. The van der Waals surface area contributed by atoms with Gasteiger partial charge < -0.3 is 19.5 Å². The summed E-state index contributed by atoms with van der Waals surface area (Å²) in [5.41, 5.74) is 3.17. The Kier molecular flexibility index (Phi) is 6.53. The predicted octanol–water partition coefficient (Wildman–Crippen LogP) is 4.00. The van der Waals surface area contributed by atoms with Gasteiger partial charge in [-0.15, -0.1) is 0 Å². The Hall–Kier alpha value is -3.31. The average Bonchev–Trinajstić information content (AvgIpc) is 3.21. The van der Waals surface area contributed by atoms with E-state index in [0.717, 1.165) is 23.3 Å². The van der Waals surface area contributed by atoms with Crippen LogP contribution in [0.15, 0.2) is 78.9 Å². The molecule has 0 radical (unpaired) electrons. The van der Waals surface area contributed by atoms with E-state index in [-0.39, 0.29) is 18.6 Å². The number of rotatable bonds is 7. The van der Waals surface area contributed by atoms with Gasteiger partial charge in [0.15, 0.2) is 6.61 Å². The number of ether oxygens (including phenoxy) is 2. The van der Waals surface area contributed by atoms with Crippen molar-refractivity contribution < 1.29 is 19.4 Å². The quantitative estimate of drug-likeness (QED) is 0.631. The molecule has 1 aliphatic rings. The Labute approximate surface area is 182 Å². The first-order valence-electron chi connectivity index (χ1n) is 10.5. The first kappa shape index (κ1) is 20.9. The molecule has 0 unspecified atom stereocenters. The zero-order valence-corrected chi connectivity index (χ0v) is 17.6. The average molecular weight is 418 g/mol. The Morgan fingerprint density at radius 3 is 2.61 bits per heavy atom. The molecule has 1 saturated heterocycles. The number of nitrogens with zero attached hydrogens (tertiary/aromatic N) is 1. The van der Waals surface area contributed by atoms with Crippen LogP contribution in [0.4, 0.5) is 0 Å². The zero-order chi connectivity index (χ0) is 21.6. The number of aliphatic hydroxyl groups is 1. The van der Waals surface area contributed by atoms with Gasteiger partial charge in [-0.1, -0.05) is 60.7 Å². The summed E-state index contributed by atoms with van der Waals surface area (Å²) in [5, 5.41) is 10.2. The van der Waals surface area contributed by atoms with E-state index in [1.54, 1.807) is 12.0 Å². The Bertz CT molecular complexity index is 1020. The van der Waals surface area contributed by atoms with Crippen molar-refractivity contribution in [1.82, 2.24) is 4.90 Å². The standard InChI is InChI=1S/C26H27NO4/c1-30-23-12-7-11-20(15-23)24-16-22(28)17-27(24)26(29)18-31-25-13-6-5-10-21(25)14-19-8-3-2-4-9-19/h2-13,15,22,24,28H,14,16-18H2,1H3/t22-,24-/m1/s1. The van der Waals surface area contributed by atoms with Crippen LogP contribution in [0.2, 0.25) is 0 Å². The van der Waals surface area contributed by atoms with E-state index in [4.69, 9.17) is 9.47 Å². The number of carbonyl (C=O) groups excluding carboxylic acids is 1. The van der Waals surface area contributed by atoms with Crippen molar-refractivity contribution in [3.63, 3.8) is 0 Å². The lowest BCUT2D eigenvalue weighted by Crippen LogP contribution is -2.35. The van der Waals surface area contributed by atoms with Gasteiger partial charge in [0, 0.05) is 13.0 Å². The normalized spacial score (nSPS) is 18.1. The molecule has 0 bridgehead atoms. The zero-order valence-electron chi connectivity index (χ0n) is 17.6. The molecule has 160 valence electrons. The Morgan fingerprint density at radius 2 is 1.81 bits per heavy atom. The SMILES string of the molecule is COc1cccc([C@H]2C[C@@H](O)CN2C(=O)COc2ccccc2Cc2ccccc2)c1. The van der Waals surface area contributed by atoms with Crippen molar-refractivity contribution in [2.24, 2.45) is 0 Å². The van der Waals surface area contributed by atoms with Crippen molar-refractivity contribution in [1.29, 1.82) is 0 Å². The van der Waals surface area contributed by atoms with Crippen molar-refractivity contribution in [2.75, 3.05) is 20.3 Å². The van der Waals surface area contributed by atoms with E-state index < -0.39 is 6.10 Å². The topological polar surface area (TPSA) is 59.0 Å². The highest BCUT2D eigenvalue weighted by Crippen LogP contribution is 2.34. The molecule has 3 aromatic carbocycles. The molecule has 1 aliphatic heterocycles. The number of hydrogen-bond donors (Lipinski definition) is 1. The third-order valence-electron chi connectivity index (χ3n) is 5.64. The lowest BCUT2D eigenvalue weighted by atomic mass is 10.0. The second-order valence-corrected chi connectivity index (χ2v) is 7.79. The van der Waals surface area contributed by atoms with Gasteiger partial charge in [0.05, 0.1) is 19.3 Å². The molecule has 0 aromatic heterocycles. The maximum Gasteiger partial charge on any atom is 0.261 e. The number of hydrogen-bond acceptors (Lipinski definition) is 4. The second-order valence-electron chi connectivity index (χ2n) is 7.79. The molecule has 0 saturated carbocycles. The van der Waals surface area contributed by atoms with Gasteiger partial charge in [0.2, 0.25) is 0 Å². The lowest BCUT2D eigenvalue weighted by molar-refractivity contribution is -0.134. The smallest absolute Gasteiger partial charge is 0.261 e. The molecular formula is C26H27NO4. The molecule has 1 heterocycles. The van der Waals surface area contributed by atoms with Crippen molar-refractivity contribution in [2.45, 2.75) is 25.0 Å². The molecule has 2 atom stereocenters. The molecular weight excluding hydrogens is 390 g/mol. The van der Waals surface area contributed by atoms with Gasteiger partial charge in [-0.25, -0.2) is 0 Å². The highest BCUT2D eigenvalue weighted by Gasteiger charge is 2.35. The monoisotopic (exact) mass is 417 g/mol. The highest BCUT2D eigenvalue weighted by molar-refractivity contribution is 5.78. The number of methoxy groups -OCH3 is 1. The molecule has 5 heteroatoms. The van der Waals surface area contributed by atoms with Gasteiger partial charge in [0.25, 0.3) is 5.91 Å². The van der Waals surface area contributed by atoms with E-state index in [9.17, 15) is 9.90 Å². The predicted molar refractivity (Wildman–Crippen MR) is 119 cm³/mol. The van der Waals surface area contributed by atoms with Crippen LogP contribution < -0.4 is 9.47 Å². The van der Waals surface area contributed by atoms with Crippen molar-refractivity contribution >= 4 is 5.91 Å². The summed E-state index contributed by atoms with van der Waals surface area (Å²) >= 11 is 0. The summed E-state index contributed by atoms with van der Waals surface area (Å²) in [6.07, 6.45) is 0.689. The Balaban J connectivity index is 1.46. The van der Waals surface area contributed by atoms with Crippen LogP contribution in [0.5, 0.6) is 11.5 Å². The molecule has 0 spiro atoms. The van der Waals surface area contributed by atoms with Gasteiger partial charge in [-0.05, 0) is 41.3 Å².